The molecule has 0 amide bonds. The molecule has 4 atom stereocenters. The quantitative estimate of drug-likeness (QED) is 0.450. The predicted octanol–water partition coefficient (Wildman–Crippen LogP) is 1.25. The topological polar surface area (TPSA) is 153 Å². The molecule has 4 rings (SSSR count). The van der Waals surface area contributed by atoms with Crippen molar-refractivity contribution in [3.63, 3.8) is 0 Å². The van der Waals surface area contributed by atoms with Crippen LogP contribution in [0.15, 0.2) is 6.33 Å². The lowest BCUT2D eigenvalue weighted by Crippen LogP contribution is -2.40. The number of fused-ring (bicyclic) bond motifs is 1. The van der Waals surface area contributed by atoms with E-state index < -0.39 is 43.7 Å². The summed E-state index contributed by atoms with van der Waals surface area (Å²) in [5, 5.41) is 25.5. The van der Waals surface area contributed by atoms with E-state index in [2.05, 4.69) is 25.0 Å². The van der Waals surface area contributed by atoms with Gasteiger partial charge in [-0.3, -0.25) is 9.30 Å². The number of nitrogens with one attached hydrogen (secondary N) is 1. The fourth-order valence-corrected chi connectivity index (χ4v) is 4.12. The average molecular weight is 520 g/mol. The Labute approximate surface area is 203 Å². The summed E-state index contributed by atoms with van der Waals surface area (Å²) in [7, 11) is 0. The molecule has 2 fully saturated rings. The van der Waals surface area contributed by atoms with Crippen molar-refractivity contribution in [2.45, 2.75) is 63.6 Å². The van der Waals surface area contributed by atoms with Gasteiger partial charge in [-0.15, -0.1) is 18.2 Å². The van der Waals surface area contributed by atoms with Crippen LogP contribution in [0.5, 0.6) is 0 Å². The lowest BCUT2D eigenvalue weighted by atomic mass is 10.1. The first-order valence-corrected chi connectivity index (χ1v) is 11.4. The summed E-state index contributed by atoms with van der Waals surface area (Å²) in [5.74, 6) is 0.797. The molecule has 13 nitrogen and oxygen atoms in total. The normalized spacial score (nSPS) is 25.9. The number of anilines is 1. The summed E-state index contributed by atoms with van der Waals surface area (Å²) >= 11 is 0. The predicted molar refractivity (Wildman–Crippen MR) is 114 cm³/mol. The third-order valence-corrected chi connectivity index (χ3v) is 5.82. The number of ether oxygens (including phenoxy) is 3. The molecule has 2 aliphatic heterocycles. The molecule has 2 aromatic rings. The van der Waals surface area contributed by atoms with Crippen LogP contribution in [-0.2, 0) is 19.0 Å². The first kappa shape index (κ1) is 26.3. The number of aryl methyl sites for hydroxylation is 1. The second kappa shape index (κ2) is 10.7. The number of alkyl halides is 3. The number of imidazole rings is 1. The van der Waals surface area contributed by atoms with Gasteiger partial charge in [0, 0.05) is 19.1 Å². The number of hydrogen-bond acceptors (Lipinski definition) is 12. The van der Waals surface area contributed by atoms with Crippen LogP contribution < -0.4 is 5.32 Å². The van der Waals surface area contributed by atoms with Gasteiger partial charge in [0.05, 0.1) is 19.5 Å². The number of carbonyl (C=O) groups is 1. The number of carbonyl (C=O) groups excluding carboxylic acids is 1. The van der Waals surface area contributed by atoms with Crippen molar-refractivity contribution in [2.75, 3.05) is 31.6 Å². The highest BCUT2D eigenvalue weighted by Gasteiger charge is 2.46. The Morgan fingerprint density at radius 2 is 1.97 bits per heavy atom. The third-order valence-electron chi connectivity index (χ3n) is 5.82. The number of nitrogens with zero attached hydrogens (tertiary/aromatic N) is 5. The van der Waals surface area contributed by atoms with Gasteiger partial charge in [0.2, 0.25) is 0 Å². The molecular weight excluding hydrogens is 493 g/mol. The molecule has 0 saturated carbocycles. The van der Waals surface area contributed by atoms with Crippen LogP contribution in [0.1, 0.15) is 31.8 Å². The molecular formula is C20H27F3N6O7. The molecule has 200 valence electrons. The fourth-order valence-electron chi connectivity index (χ4n) is 4.12. The molecule has 0 spiro atoms. The molecule has 2 aliphatic rings. The van der Waals surface area contributed by atoms with Crippen LogP contribution in [0.25, 0.3) is 11.2 Å². The minimum Gasteiger partial charge on any atom is -0.433 e. The van der Waals surface area contributed by atoms with Gasteiger partial charge in [-0.05, 0) is 26.7 Å². The zero-order valence-corrected chi connectivity index (χ0v) is 19.5. The SMILES string of the molecule is CCOC(=O)ON1CCC(Nc2nc(C)nc3c2ncn3[C@@H]2O[C@H](COC(F)(F)F)[C@@H](O)[C@H]2O)CC1. The molecule has 0 unspecified atom stereocenters. The molecule has 0 radical (unpaired) electrons. The zero-order valence-electron chi connectivity index (χ0n) is 19.5. The molecule has 3 N–H and O–H groups in total. The van der Waals surface area contributed by atoms with Crippen LogP contribution in [0.2, 0.25) is 0 Å². The molecule has 0 aliphatic carbocycles. The number of aliphatic hydroxyl groups excluding tert-OH is 2. The highest BCUT2D eigenvalue weighted by molar-refractivity contribution is 5.83. The van der Waals surface area contributed by atoms with Gasteiger partial charge in [0.15, 0.2) is 23.2 Å². The van der Waals surface area contributed by atoms with Crippen molar-refractivity contribution in [1.82, 2.24) is 24.6 Å². The van der Waals surface area contributed by atoms with E-state index in [9.17, 15) is 28.2 Å². The van der Waals surface area contributed by atoms with Gasteiger partial charge < -0.3 is 29.8 Å². The average Bonchev–Trinajstić information content (AvgIpc) is 3.34. The molecule has 0 bridgehead atoms. The van der Waals surface area contributed by atoms with Crippen molar-refractivity contribution in [3.05, 3.63) is 12.2 Å². The van der Waals surface area contributed by atoms with Crippen molar-refractivity contribution >= 4 is 23.1 Å². The first-order chi connectivity index (χ1) is 17.1. The van der Waals surface area contributed by atoms with Gasteiger partial charge in [-0.2, -0.15) is 0 Å². The Kier molecular flexibility index (Phi) is 7.79. The monoisotopic (exact) mass is 520 g/mol. The van der Waals surface area contributed by atoms with Gasteiger partial charge in [0.1, 0.15) is 24.1 Å². The van der Waals surface area contributed by atoms with Gasteiger partial charge in [0.25, 0.3) is 0 Å². The molecule has 16 heteroatoms. The lowest BCUT2D eigenvalue weighted by molar-refractivity contribution is -0.333. The van der Waals surface area contributed by atoms with E-state index in [1.54, 1.807) is 13.8 Å². The van der Waals surface area contributed by atoms with Gasteiger partial charge in [-0.1, -0.05) is 0 Å². The van der Waals surface area contributed by atoms with Gasteiger partial charge >= 0.3 is 12.5 Å². The Hall–Kier alpha value is -2.79. The summed E-state index contributed by atoms with van der Waals surface area (Å²) in [6.07, 6.45) is -8.89. The maximum Gasteiger partial charge on any atom is 0.527 e. The maximum atomic E-state index is 12.4. The van der Waals surface area contributed by atoms with Crippen molar-refractivity contribution in [1.29, 1.82) is 0 Å². The number of hydrogen-bond donors (Lipinski definition) is 3. The van der Waals surface area contributed by atoms with Crippen LogP contribution >= 0.6 is 0 Å². The van der Waals surface area contributed by atoms with E-state index in [1.807, 2.05) is 0 Å². The smallest absolute Gasteiger partial charge is 0.433 e. The Morgan fingerprint density at radius 3 is 2.64 bits per heavy atom. The lowest BCUT2D eigenvalue weighted by Gasteiger charge is -2.30. The molecule has 4 heterocycles. The fraction of sp³-hybridized carbons (Fsp3) is 0.700. The van der Waals surface area contributed by atoms with Crippen molar-refractivity contribution < 1.29 is 47.2 Å². The number of hydroxylamine groups is 2. The third kappa shape index (κ3) is 5.95. The number of piperidine rings is 1. The largest absolute Gasteiger partial charge is 0.527 e. The Balaban J connectivity index is 1.45. The molecule has 36 heavy (non-hydrogen) atoms. The van der Waals surface area contributed by atoms with Crippen LogP contribution in [0.4, 0.5) is 23.8 Å². The Bertz CT molecular complexity index is 1060. The maximum absolute atomic E-state index is 12.4. The number of halogens is 3. The summed E-state index contributed by atoms with van der Waals surface area (Å²) < 4.78 is 52.6. The first-order valence-electron chi connectivity index (χ1n) is 11.4. The van der Waals surface area contributed by atoms with E-state index in [-0.39, 0.29) is 18.3 Å². The molecule has 2 aromatic heterocycles. The summed E-state index contributed by atoms with van der Waals surface area (Å²) in [5.41, 5.74) is 0.618. The molecule has 2 saturated heterocycles. The van der Waals surface area contributed by atoms with Crippen LogP contribution in [-0.4, -0.2) is 98.0 Å². The van der Waals surface area contributed by atoms with Crippen LogP contribution in [0, 0.1) is 6.92 Å². The second-order valence-corrected chi connectivity index (χ2v) is 8.37. The summed E-state index contributed by atoms with van der Waals surface area (Å²) in [6, 6.07) is -0.0197. The van der Waals surface area contributed by atoms with E-state index in [0.29, 0.717) is 43.1 Å². The van der Waals surface area contributed by atoms with E-state index >= 15 is 0 Å². The Morgan fingerprint density at radius 1 is 1.25 bits per heavy atom. The van der Waals surface area contributed by atoms with Gasteiger partial charge in [-0.25, -0.2) is 19.7 Å². The summed E-state index contributed by atoms with van der Waals surface area (Å²) in [4.78, 5) is 29.7. The second-order valence-electron chi connectivity index (χ2n) is 8.37. The summed E-state index contributed by atoms with van der Waals surface area (Å²) in [6.45, 7) is 3.52. The highest BCUT2D eigenvalue weighted by atomic mass is 19.4. The minimum atomic E-state index is -4.90. The van der Waals surface area contributed by atoms with E-state index in [0.717, 1.165) is 0 Å². The van der Waals surface area contributed by atoms with E-state index in [1.165, 1.54) is 16.0 Å². The van der Waals surface area contributed by atoms with Crippen molar-refractivity contribution in [3.8, 4) is 0 Å². The van der Waals surface area contributed by atoms with Crippen LogP contribution in [0.3, 0.4) is 0 Å². The zero-order chi connectivity index (χ0) is 26.0. The highest BCUT2D eigenvalue weighted by Crippen LogP contribution is 2.34. The number of aromatic nitrogens is 4. The minimum absolute atomic E-state index is 0.0197. The van der Waals surface area contributed by atoms with E-state index in [4.69, 9.17) is 14.3 Å². The van der Waals surface area contributed by atoms with Crippen molar-refractivity contribution in [2.24, 2.45) is 0 Å². The standard InChI is InChI=1S/C20H27F3N6O7/c1-3-33-19(32)36-28-6-4-11(5-7-28)27-16-13-17(26-10(2)25-16)29(9-24-13)18-15(31)14(30)12(35-18)8-34-20(21,22)23/h9,11-12,14-15,18,30-31H,3-8H2,1-2H3,(H,25,26,27)/t12-,14-,15-,18-/m1/s1. The molecule has 0 aromatic carbocycles. The number of aliphatic hydroxyl groups is 2. The number of rotatable bonds is 7.